The first-order chi connectivity index (χ1) is 12.6. The van der Waals surface area contributed by atoms with Crippen LogP contribution >= 0.6 is 0 Å². The summed E-state index contributed by atoms with van der Waals surface area (Å²) < 4.78 is 0. The van der Waals surface area contributed by atoms with Gasteiger partial charge >= 0.3 is 0 Å². The van der Waals surface area contributed by atoms with Crippen LogP contribution in [0, 0.1) is 6.92 Å². The Morgan fingerprint density at radius 2 is 1.81 bits per heavy atom. The molecule has 1 aliphatic rings. The lowest BCUT2D eigenvalue weighted by Crippen LogP contribution is -2.36. The molecule has 0 saturated carbocycles. The molecule has 1 amide bonds. The van der Waals surface area contributed by atoms with Crippen LogP contribution in [-0.4, -0.2) is 36.8 Å². The van der Waals surface area contributed by atoms with Crippen LogP contribution in [0.3, 0.4) is 0 Å². The molecule has 2 aromatic carbocycles. The van der Waals surface area contributed by atoms with Crippen LogP contribution in [0.1, 0.15) is 24.0 Å². The first-order valence-corrected chi connectivity index (χ1v) is 9.20. The zero-order chi connectivity index (χ0) is 18.4. The standard InChI is InChI=1S/C21H27N3O2/c1-16-6-2-3-7-17(16)14-23-21(26)15-22-19-8-4-5-9-20(19)24-12-10-18(25)11-13-24/h2-9,18,22,25H,10-15H2,1H3,(H,23,26). The van der Waals surface area contributed by atoms with Gasteiger partial charge in [0.1, 0.15) is 0 Å². The summed E-state index contributed by atoms with van der Waals surface area (Å²) in [5.41, 5.74) is 4.35. The number of aliphatic hydroxyl groups excluding tert-OH is 1. The van der Waals surface area contributed by atoms with Crippen LogP contribution in [0.4, 0.5) is 11.4 Å². The van der Waals surface area contributed by atoms with E-state index in [1.54, 1.807) is 0 Å². The summed E-state index contributed by atoms with van der Waals surface area (Å²) in [4.78, 5) is 14.5. The molecule has 0 aliphatic carbocycles. The van der Waals surface area contributed by atoms with Crippen LogP contribution in [0.5, 0.6) is 0 Å². The Labute approximate surface area is 155 Å². The molecule has 0 unspecified atom stereocenters. The minimum absolute atomic E-state index is 0.0304. The molecule has 5 nitrogen and oxygen atoms in total. The number of aliphatic hydroxyl groups is 1. The van der Waals surface area contributed by atoms with Crippen LogP contribution in [-0.2, 0) is 11.3 Å². The topological polar surface area (TPSA) is 64.6 Å². The van der Waals surface area contributed by atoms with Gasteiger partial charge in [-0.1, -0.05) is 36.4 Å². The summed E-state index contributed by atoms with van der Waals surface area (Å²) in [6.07, 6.45) is 1.37. The molecule has 1 heterocycles. The number of anilines is 2. The van der Waals surface area contributed by atoms with Gasteiger partial charge in [0, 0.05) is 19.6 Å². The minimum Gasteiger partial charge on any atom is -0.393 e. The fraction of sp³-hybridized carbons (Fsp3) is 0.381. The molecule has 1 aliphatic heterocycles. The summed E-state index contributed by atoms with van der Waals surface area (Å²) >= 11 is 0. The molecule has 26 heavy (non-hydrogen) atoms. The van der Waals surface area contributed by atoms with Crippen LogP contribution in [0.15, 0.2) is 48.5 Å². The highest BCUT2D eigenvalue weighted by molar-refractivity contribution is 5.82. The smallest absolute Gasteiger partial charge is 0.239 e. The Morgan fingerprint density at radius 1 is 1.12 bits per heavy atom. The molecule has 0 radical (unpaired) electrons. The fourth-order valence-corrected chi connectivity index (χ4v) is 3.25. The van der Waals surface area contributed by atoms with E-state index < -0.39 is 0 Å². The molecule has 138 valence electrons. The van der Waals surface area contributed by atoms with Crippen molar-refractivity contribution in [2.45, 2.75) is 32.4 Å². The van der Waals surface area contributed by atoms with Gasteiger partial charge < -0.3 is 20.6 Å². The van der Waals surface area contributed by atoms with E-state index in [1.165, 1.54) is 5.56 Å². The predicted octanol–water partition coefficient (Wildman–Crippen LogP) is 2.68. The Kier molecular flexibility index (Phi) is 6.12. The van der Waals surface area contributed by atoms with E-state index in [-0.39, 0.29) is 18.6 Å². The highest BCUT2D eigenvalue weighted by Crippen LogP contribution is 2.28. The maximum atomic E-state index is 12.2. The number of para-hydroxylation sites is 2. The quantitative estimate of drug-likeness (QED) is 0.747. The maximum absolute atomic E-state index is 12.2. The fourth-order valence-electron chi connectivity index (χ4n) is 3.25. The van der Waals surface area contributed by atoms with Gasteiger partial charge in [-0.3, -0.25) is 4.79 Å². The van der Waals surface area contributed by atoms with Gasteiger partial charge in [-0.05, 0) is 43.0 Å². The Morgan fingerprint density at radius 3 is 2.58 bits per heavy atom. The van der Waals surface area contributed by atoms with Crippen LogP contribution in [0.25, 0.3) is 0 Å². The first-order valence-electron chi connectivity index (χ1n) is 9.20. The highest BCUT2D eigenvalue weighted by Gasteiger charge is 2.19. The summed E-state index contributed by atoms with van der Waals surface area (Å²) in [6.45, 7) is 4.49. The van der Waals surface area contributed by atoms with Crippen LogP contribution in [0.2, 0.25) is 0 Å². The molecular formula is C21H27N3O2. The minimum atomic E-state index is -0.196. The highest BCUT2D eigenvalue weighted by atomic mass is 16.3. The van der Waals surface area contributed by atoms with Crippen molar-refractivity contribution in [3.8, 4) is 0 Å². The first kappa shape index (κ1) is 18.3. The van der Waals surface area contributed by atoms with Gasteiger partial charge in [0.15, 0.2) is 0 Å². The van der Waals surface area contributed by atoms with Crippen LogP contribution < -0.4 is 15.5 Å². The normalized spacial score (nSPS) is 14.9. The van der Waals surface area contributed by atoms with Crippen molar-refractivity contribution in [2.24, 2.45) is 0 Å². The Balaban J connectivity index is 1.54. The third-order valence-electron chi connectivity index (χ3n) is 4.89. The lowest BCUT2D eigenvalue weighted by Gasteiger charge is -2.32. The zero-order valence-electron chi connectivity index (χ0n) is 15.2. The number of hydrogen-bond donors (Lipinski definition) is 3. The third kappa shape index (κ3) is 4.76. The predicted molar refractivity (Wildman–Crippen MR) is 105 cm³/mol. The van der Waals surface area contributed by atoms with Crippen molar-refractivity contribution < 1.29 is 9.90 Å². The second kappa shape index (κ2) is 8.72. The van der Waals surface area contributed by atoms with Gasteiger partial charge in [0.25, 0.3) is 0 Å². The number of carbonyl (C=O) groups excluding carboxylic acids is 1. The maximum Gasteiger partial charge on any atom is 0.239 e. The number of rotatable bonds is 6. The summed E-state index contributed by atoms with van der Waals surface area (Å²) in [6, 6.07) is 16.1. The summed E-state index contributed by atoms with van der Waals surface area (Å²) in [7, 11) is 0. The number of amides is 1. The molecule has 0 aromatic heterocycles. The van der Waals surface area contributed by atoms with E-state index in [1.807, 2.05) is 49.4 Å². The van der Waals surface area contributed by atoms with Crippen molar-refractivity contribution in [1.29, 1.82) is 0 Å². The van der Waals surface area contributed by atoms with E-state index in [4.69, 9.17) is 0 Å². The number of nitrogens with one attached hydrogen (secondary N) is 2. The van der Waals surface area contributed by atoms with E-state index in [0.29, 0.717) is 6.54 Å². The van der Waals surface area contributed by atoms with Gasteiger partial charge in [0.05, 0.1) is 24.0 Å². The van der Waals surface area contributed by atoms with Crippen molar-refractivity contribution >= 4 is 17.3 Å². The molecule has 1 saturated heterocycles. The number of piperidine rings is 1. The number of aryl methyl sites for hydroxylation is 1. The molecule has 3 rings (SSSR count). The SMILES string of the molecule is Cc1ccccc1CNC(=O)CNc1ccccc1N1CCC(O)CC1. The second-order valence-electron chi connectivity index (χ2n) is 6.79. The lowest BCUT2D eigenvalue weighted by atomic mass is 10.1. The number of hydrogen-bond acceptors (Lipinski definition) is 4. The Bertz CT molecular complexity index is 740. The molecule has 0 bridgehead atoms. The molecule has 1 fully saturated rings. The molecule has 3 N–H and O–H groups in total. The number of nitrogens with zero attached hydrogens (tertiary/aromatic N) is 1. The molecule has 5 heteroatoms. The van der Waals surface area contributed by atoms with Gasteiger partial charge in [0.2, 0.25) is 5.91 Å². The lowest BCUT2D eigenvalue weighted by molar-refractivity contribution is -0.119. The number of benzene rings is 2. The van der Waals surface area contributed by atoms with E-state index >= 15 is 0 Å². The van der Waals surface area contributed by atoms with Crippen molar-refractivity contribution in [3.63, 3.8) is 0 Å². The average Bonchev–Trinajstić information content (AvgIpc) is 2.67. The molecular weight excluding hydrogens is 326 g/mol. The summed E-state index contributed by atoms with van der Waals surface area (Å²) in [5.74, 6) is -0.0304. The second-order valence-corrected chi connectivity index (χ2v) is 6.79. The van der Waals surface area contributed by atoms with E-state index in [0.717, 1.165) is 42.9 Å². The van der Waals surface area contributed by atoms with E-state index in [2.05, 4.69) is 21.6 Å². The monoisotopic (exact) mass is 353 g/mol. The Hall–Kier alpha value is -2.53. The molecule has 0 atom stereocenters. The largest absolute Gasteiger partial charge is 0.393 e. The van der Waals surface area contributed by atoms with Crippen molar-refractivity contribution in [1.82, 2.24) is 5.32 Å². The third-order valence-corrected chi connectivity index (χ3v) is 4.89. The van der Waals surface area contributed by atoms with E-state index in [9.17, 15) is 9.90 Å². The van der Waals surface area contributed by atoms with Gasteiger partial charge in [-0.2, -0.15) is 0 Å². The van der Waals surface area contributed by atoms with Crippen molar-refractivity contribution in [3.05, 3.63) is 59.7 Å². The average molecular weight is 353 g/mol. The summed E-state index contributed by atoms with van der Waals surface area (Å²) in [5, 5.41) is 15.9. The van der Waals surface area contributed by atoms with Crippen molar-refractivity contribution in [2.75, 3.05) is 29.9 Å². The van der Waals surface area contributed by atoms with Gasteiger partial charge in [-0.25, -0.2) is 0 Å². The zero-order valence-corrected chi connectivity index (χ0v) is 15.2. The number of carbonyl (C=O) groups is 1. The molecule has 0 spiro atoms. The molecule has 2 aromatic rings. The van der Waals surface area contributed by atoms with Gasteiger partial charge in [-0.15, -0.1) is 0 Å².